The van der Waals surface area contributed by atoms with Crippen LogP contribution in [0.25, 0.3) is 0 Å². The van der Waals surface area contributed by atoms with Gasteiger partial charge in [0.1, 0.15) is 0 Å². The van der Waals surface area contributed by atoms with Crippen LogP contribution in [0.5, 0.6) is 0 Å². The van der Waals surface area contributed by atoms with Gasteiger partial charge in [0.15, 0.2) is 0 Å². The lowest BCUT2D eigenvalue weighted by Gasteiger charge is -2.33. The Morgan fingerprint density at radius 1 is 1.73 bits per heavy atom. The van der Waals surface area contributed by atoms with Crippen LogP contribution in [0.15, 0.2) is 0 Å². The first kappa shape index (κ1) is 8.58. The summed E-state index contributed by atoms with van der Waals surface area (Å²) in [6, 6.07) is 0.650. The van der Waals surface area contributed by atoms with Crippen LogP contribution in [-0.2, 0) is 0 Å². The highest BCUT2D eigenvalue weighted by Gasteiger charge is 2.15. The Labute approximate surface area is 69.0 Å². The van der Waals surface area contributed by atoms with Crippen molar-refractivity contribution in [2.45, 2.75) is 19.4 Å². The number of hydrogen-bond donors (Lipinski definition) is 1. The molecule has 1 rings (SSSR count). The molecule has 0 aliphatic carbocycles. The molecule has 1 unspecified atom stereocenters. The van der Waals surface area contributed by atoms with Crippen LogP contribution in [0, 0.1) is 12.3 Å². The Morgan fingerprint density at radius 3 is 3.18 bits per heavy atom. The van der Waals surface area contributed by atoms with E-state index < -0.39 is 0 Å². The maximum Gasteiger partial charge on any atom is 0.0214 e. The monoisotopic (exact) mass is 152 g/mol. The number of nitrogens with one attached hydrogen (secondary N) is 1. The molecule has 62 valence electrons. The third kappa shape index (κ3) is 2.53. The second-order valence-electron chi connectivity index (χ2n) is 3.04. The Hall–Kier alpha value is -0.520. The van der Waals surface area contributed by atoms with E-state index in [9.17, 15) is 0 Å². The summed E-state index contributed by atoms with van der Waals surface area (Å²) in [5, 5.41) is 3.35. The molecule has 2 nitrogen and oxygen atoms in total. The molecule has 1 N–H and O–H groups in total. The highest BCUT2D eigenvalue weighted by Crippen LogP contribution is 2.01. The van der Waals surface area contributed by atoms with Crippen molar-refractivity contribution >= 4 is 0 Å². The zero-order valence-corrected chi connectivity index (χ0v) is 7.14. The standard InChI is InChI=1S/C9H16N2/c1-3-4-6-11-7-5-10-8-9(11)2/h1,9-10H,4-8H2,2H3. The summed E-state index contributed by atoms with van der Waals surface area (Å²) >= 11 is 0. The first-order valence-corrected chi connectivity index (χ1v) is 4.23. The normalized spacial score (nSPS) is 26.4. The summed E-state index contributed by atoms with van der Waals surface area (Å²) in [5.41, 5.74) is 0. The number of nitrogens with zero attached hydrogens (tertiary/aromatic N) is 1. The maximum atomic E-state index is 5.20. The van der Waals surface area contributed by atoms with Crippen molar-refractivity contribution in [3.05, 3.63) is 0 Å². The average molecular weight is 152 g/mol. The SMILES string of the molecule is C#CCCN1CCNCC1C. The molecule has 0 radical (unpaired) electrons. The van der Waals surface area contributed by atoms with Gasteiger partial charge in [0.2, 0.25) is 0 Å². The molecule has 1 fully saturated rings. The smallest absolute Gasteiger partial charge is 0.0214 e. The minimum Gasteiger partial charge on any atom is -0.314 e. The summed E-state index contributed by atoms with van der Waals surface area (Å²) in [6.07, 6.45) is 6.08. The van der Waals surface area contributed by atoms with Gasteiger partial charge in [0.25, 0.3) is 0 Å². The summed E-state index contributed by atoms with van der Waals surface area (Å²) in [5.74, 6) is 2.67. The van der Waals surface area contributed by atoms with Crippen molar-refractivity contribution in [2.24, 2.45) is 0 Å². The average Bonchev–Trinajstić information content (AvgIpc) is 2.03. The van der Waals surface area contributed by atoms with Crippen molar-refractivity contribution in [1.29, 1.82) is 0 Å². The van der Waals surface area contributed by atoms with Crippen LogP contribution < -0.4 is 5.32 Å². The number of piperazine rings is 1. The number of rotatable bonds is 2. The Morgan fingerprint density at radius 2 is 2.55 bits per heavy atom. The third-order valence-electron chi connectivity index (χ3n) is 2.18. The van der Waals surface area contributed by atoms with Crippen LogP contribution in [0.3, 0.4) is 0 Å². The molecular weight excluding hydrogens is 136 g/mol. The Bertz CT molecular complexity index is 148. The van der Waals surface area contributed by atoms with E-state index in [1.807, 2.05) is 0 Å². The minimum atomic E-state index is 0.650. The summed E-state index contributed by atoms with van der Waals surface area (Å²) in [7, 11) is 0. The van der Waals surface area contributed by atoms with E-state index in [4.69, 9.17) is 6.42 Å². The van der Waals surface area contributed by atoms with E-state index in [1.165, 1.54) is 0 Å². The largest absolute Gasteiger partial charge is 0.314 e. The van der Waals surface area contributed by atoms with Crippen LogP contribution in [-0.4, -0.2) is 37.1 Å². The van der Waals surface area contributed by atoms with Gasteiger partial charge in [-0.3, -0.25) is 4.90 Å². The lowest BCUT2D eigenvalue weighted by Crippen LogP contribution is -2.49. The fraction of sp³-hybridized carbons (Fsp3) is 0.778. The molecule has 1 aliphatic rings. The third-order valence-corrected chi connectivity index (χ3v) is 2.18. The summed E-state index contributed by atoms with van der Waals surface area (Å²) in [6.45, 7) is 6.64. The molecule has 1 saturated heterocycles. The molecule has 0 aromatic heterocycles. The Kier molecular flexibility index (Phi) is 3.41. The van der Waals surface area contributed by atoms with Gasteiger partial charge in [-0.2, -0.15) is 0 Å². The quantitative estimate of drug-likeness (QED) is 0.573. The van der Waals surface area contributed by atoms with Crippen LogP contribution in [0.4, 0.5) is 0 Å². The van der Waals surface area contributed by atoms with E-state index in [2.05, 4.69) is 23.1 Å². The van der Waals surface area contributed by atoms with Crippen LogP contribution in [0.2, 0.25) is 0 Å². The first-order valence-electron chi connectivity index (χ1n) is 4.23. The molecule has 1 aliphatic heterocycles. The van der Waals surface area contributed by atoms with Gasteiger partial charge < -0.3 is 5.32 Å². The van der Waals surface area contributed by atoms with Crippen molar-refractivity contribution in [1.82, 2.24) is 10.2 Å². The van der Waals surface area contributed by atoms with Gasteiger partial charge in [-0.25, -0.2) is 0 Å². The van der Waals surface area contributed by atoms with Gasteiger partial charge in [0.05, 0.1) is 0 Å². The molecule has 0 bridgehead atoms. The van der Waals surface area contributed by atoms with Crippen LogP contribution in [0.1, 0.15) is 13.3 Å². The van der Waals surface area contributed by atoms with Crippen molar-refractivity contribution in [3.63, 3.8) is 0 Å². The lowest BCUT2D eigenvalue weighted by atomic mass is 10.2. The van der Waals surface area contributed by atoms with Crippen LogP contribution >= 0.6 is 0 Å². The maximum absolute atomic E-state index is 5.20. The lowest BCUT2D eigenvalue weighted by molar-refractivity contribution is 0.178. The molecule has 0 aromatic carbocycles. The van der Waals surface area contributed by atoms with Gasteiger partial charge in [-0.15, -0.1) is 12.3 Å². The second kappa shape index (κ2) is 4.38. The first-order chi connectivity index (χ1) is 5.34. The fourth-order valence-electron chi connectivity index (χ4n) is 1.42. The zero-order valence-electron chi connectivity index (χ0n) is 7.14. The van der Waals surface area contributed by atoms with E-state index in [0.29, 0.717) is 6.04 Å². The molecule has 1 atom stereocenters. The topological polar surface area (TPSA) is 15.3 Å². The minimum absolute atomic E-state index is 0.650. The summed E-state index contributed by atoms with van der Waals surface area (Å²) < 4.78 is 0. The molecule has 0 saturated carbocycles. The molecule has 0 spiro atoms. The molecule has 0 amide bonds. The van der Waals surface area contributed by atoms with Crippen molar-refractivity contribution in [3.8, 4) is 12.3 Å². The van der Waals surface area contributed by atoms with Crippen molar-refractivity contribution in [2.75, 3.05) is 26.2 Å². The molecular formula is C9H16N2. The van der Waals surface area contributed by atoms with E-state index >= 15 is 0 Å². The number of hydrogen-bond acceptors (Lipinski definition) is 2. The predicted octanol–water partition coefficient (Wildman–Crippen LogP) is 0.303. The molecule has 2 heteroatoms. The Balaban J connectivity index is 2.25. The van der Waals surface area contributed by atoms with Gasteiger partial charge in [0, 0.05) is 38.6 Å². The van der Waals surface area contributed by atoms with E-state index in [-0.39, 0.29) is 0 Å². The summed E-state index contributed by atoms with van der Waals surface area (Å²) in [4.78, 5) is 2.44. The van der Waals surface area contributed by atoms with Gasteiger partial charge >= 0.3 is 0 Å². The predicted molar refractivity (Wildman–Crippen MR) is 47.4 cm³/mol. The number of terminal acetylenes is 1. The van der Waals surface area contributed by atoms with E-state index in [1.54, 1.807) is 0 Å². The molecule has 0 aromatic rings. The van der Waals surface area contributed by atoms with Gasteiger partial charge in [-0.1, -0.05) is 0 Å². The van der Waals surface area contributed by atoms with E-state index in [0.717, 1.165) is 32.6 Å². The highest BCUT2D eigenvalue weighted by atomic mass is 15.2. The zero-order chi connectivity index (χ0) is 8.10. The molecule has 1 heterocycles. The highest BCUT2D eigenvalue weighted by molar-refractivity contribution is 4.86. The van der Waals surface area contributed by atoms with Gasteiger partial charge in [-0.05, 0) is 6.92 Å². The second-order valence-corrected chi connectivity index (χ2v) is 3.04. The molecule has 11 heavy (non-hydrogen) atoms. The fourth-order valence-corrected chi connectivity index (χ4v) is 1.42. The van der Waals surface area contributed by atoms with Crippen molar-refractivity contribution < 1.29 is 0 Å².